The van der Waals surface area contributed by atoms with E-state index in [4.69, 9.17) is 5.73 Å². The van der Waals surface area contributed by atoms with E-state index in [2.05, 4.69) is 79.2 Å². The van der Waals surface area contributed by atoms with Crippen molar-refractivity contribution in [2.75, 3.05) is 0 Å². The van der Waals surface area contributed by atoms with Gasteiger partial charge in [-0.05, 0) is 50.1 Å². The van der Waals surface area contributed by atoms with Gasteiger partial charge >= 0.3 is 0 Å². The molecule has 2 atom stereocenters. The fraction of sp³-hybridized carbons (Fsp3) is 0.294. The Morgan fingerprint density at radius 3 is 2.30 bits per heavy atom. The van der Waals surface area contributed by atoms with E-state index < -0.39 is 0 Å². The molecule has 0 heterocycles. The number of aryl methyl sites for hydroxylation is 2. The number of nitrogens with two attached hydrogens (primary N) is 1. The summed E-state index contributed by atoms with van der Waals surface area (Å²) in [7, 11) is 0. The number of thioether (sulfide) groups is 1. The second-order valence-corrected chi connectivity index (χ2v) is 7.32. The van der Waals surface area contributed by atoms with Crippen molar-refractivity contribution in [1.82, 2.24) is 0 Å². The van der Waals surface area contributed by atoms with Crippen LogP contribution in [-0.4, -0.2) is 6.04 Å². The molecule has 2 N–H and O–H groups in total. The molecular formula is C17H20BrNS. The third kappa shape index (κ3) is 3.87. The molecule has 106 valence electrons. The average Bonchev–Trinajstić information content (AvgIpc) is 2.40. The maximum Gasteiger partial charge on any atom is 0.0492 e. The van der Waals surface area contributed by atoms with E-state index in [9.17, 15) is 0 Å². The fourth-order valence-electron chi connectivity index (χ4n) is 2.10. The van der Waals surface area contributed by atoms with Crippen LogP contribution in [-0.2, 0) is 0 Å². The van der Waals surface area contributed by atoms with Crippen LogP contribution in [0.1, 0.15) is 28.9 Å². The van der Waals surface area contributed by atoms with E-state index in [-0.39, 0.29) is 11.3 Å². The van der Waals surface area contributed by atoms with Gasteiger partial charge < -0.3 is 5.73 Å². The lowest BCUT2D eigenvalue weighted by Crippen LogP contribution is -2.22. The summed E-state index contributed by atoms with van der Waals surface area (Å²) in [6.45, 7) is 6.36. The molecule has 0 saturated heterocycles. The molecule has 2 rings (SSSR count). The van der Waals surface area contributed by atoms with Gasteiger partial charge in [0, 0.05) is 20.7 Å². The minimum Gasteiger partial charge on any atom is -0.327 e. The van der Waals surface area contributed by atoms with Crippen molar-refractivity contribution < 1.29 is 0 Å². The Labute approximate surface area is 134 Å². The maximum absolute atomic E-state index is 6.21. The molecule has 0 bridgehead atoms. The molecule has 3 heteroatoms. The van der Waals surface area contributed by atoms with Gasteiger partial charge in [0.1, 0.15) is 0 Å². The van der Waals surface area contributed by atoms with E-state index in [1.54, 1.807) is 0 Å². The summed E-state index contributed by atoms with van der Waals surface area (Å²) in [6.07, 6.45) is 0. The van der Waals surface area contributed by atoms with Gasteiger partial charge in [-0.25, -0.2) is 0 Å². The Bertz CT molecular complexity index is 578. The zero-order chi connectivity index (χ0) is 14.7. The Kier molecular flexibility index (Phi) is 5.30. The zero-order valence-electron chi connectivity index (χ0n) is 12.1. The highest BCUT2D eigenvalue weighted by Gasteiger charge is 2.18. The van der Waals surface area contributed by atoms with Gasteiger partial charge in [-0.2, -0.15) is 0 Å². The first-order valence-corrected chi connectivity index (χ1v) is 8.39. The van der Waals surface area contributed by atoms with Gasteiger partial charge in [-0.1, -0.05) is 45.8 Å². The van der Waals surface area contributed by atoms with Gasteiger partial charge in [0.2, 0.25) is 0 Å². The lowest BCUT2D eigenvalue weighted by Gasteiger charge is -2.22. The molecule has 0 aliphatic rings. The normalized spacial score (nSPS) is 14.1. The fourth-order valence-corrected chi connectivity index (χ4v) is 3.66. The van der Waals surface area contributed by atoms with Crippen molar-refractivity contribution in [2.45, 2.75) is 37.0 Å². The Hall–Kier alpha value is -0.770. The highest BCUT2D eigenvalue weighted by Crippen LogP contribution is 2.39. The van der Waals surface area contributed by atoms with E-state index in [1.807, 2.05) is 11.8 Å². The Morgan fingerprint density at radius 2 is 1.70 bits per heavy atom. The molecule has 0 saturated carbocycles. The lowest BCUT2D eigenvalue weighted by molar-refractivity contribution is 0.721. The van der Waals surface area contributed by atoms with Crippen molar-refractivity contribution in [2.24, 2.45) is 5.73 Å². The van der Waals surface area contributed by atoms with Crippen LogP contribution in [0.25, 0.3) is 0 Å². The van der Waals surface area contributed by atoms with Gasteiger partial charge in [-0.3, -0.25) is 0 Å². The predicted octanol–water partition coefficient (Wildman–Crippen LogP) is 5.25. The summed E-state index contributed by atoms with van der Waals surface area (Å²) in [5, 5.41) is 0.267. The Morgan fingerprint density at radius 1 is 1.05 bits per heavy atom. The van der Waals surface area contributed by atoms with E-state index in [1.165, 1.54) is 21.6 Å². The minimum absolute atomic E-state index is 0.0982. The smallest absolute Gasteiger partial charge is 0.0492 e. The van der Waals surface area contributed by atoms with E-state index in [0.29, 0.717) is 0 Å². The van der Waals surface area contributed by atoms with Crippen molar-refractivity contribution in [3.63, 3.8) is 0 Å². The van der Waals surface area contributed by atoms with Crippen LogP contribution in [0.4, 0.5) is 0 Å². The maximum atomic E-state index is 6.21. The van der Waals surface area contributed by atoms with Crippen LogP contribution >= 0.6 is 27.7 Å². The molecule has 0 aliphatic heterocycles. The molecular weight excluding hydrogens is 330 g/mol. The van der Waals surface area contributed by atoms with E-state index >= 15 is 0 Å². The van der Waals surface area contributed by atoms with Gasteiger partial charge in [0.15, 0.2) is 0 Å². The third-order valence-corrected chi connectivity index (χ3v) is 5.45. The van der Waals surface area contributed by atoms with Crippen molar-refractivity contribution in [1.29, 1.82) is 0 Å². The van der Waals surface area contributed by atoms with Crippen LogP contribution in [0.5, 0.6) is 0 Å². The zero-order valence-corrected chi connectivity index (χ0v) is 14.5. The largest absolute Gasteiger partial charge is 0.327 e. The molecule has 0 spiro atoms. The van der Waals surface area contributed by atoms with Crippen molar-refractivity contribution in [3.05, 3.63) is 63.6 Å². The third-order valence-electron chi connectivity index (χ3n) is 3.27. The lowest BCUT2D eigenvalue weighted by atomic mass is 10.1. The summed E-state index contributed by atoms with van der Waals surface area (Å²) in [4.78, 5) is 1.32. The summed E-state index contributed by atoms with van der Waals surface area (Å²) in [5.74, 6) is 0. The average molecular weight is 350 g/mol. The monoisotopic (exact) mass is 349 g/mol. The molecule has 2 aromatic carbocycles. The summed E-state index contributed by atoms with van der Waals surface area (Å²) in [6, 6.07) is 15.1. The van der Waals surface area contributed by atoms with Crippen LogP contribution in [0.2, 0.25) is 0 Å². The van der Waals surface area contributed by atoms with Gasteiger partial charge in [0.25, 0.3) is 0 Å². The minimum atomic E-state index is 0.0982. The second kappa shape index (κ2) is 6.79. The van der Waals surface area contributed by atoms with Crippen molar-refractivity contribution >= 4 is 27.7 Å². The number of rotatable bonds is 4. The SMILES string of the molecule is Cc1ccc(C)c(SC(c2ccc(Br)cc2)C(C)N)c1. The van der Waals surface area contributed by atoms with Crippen LogP contribution in [0.15, 0.2) is 51.8 Å². The quantitative estimate of drug-likeness (QED) is 0.763. The van der Waals surface area contributed by atoms with Crippen LogP contribution in [0, 0.1) is 13.8 Å². The number of benzene rings is 2. The molecule has 2 aromatic rings. The molecule has 0 aromatic heterocycles. The second-order valence-electron chi connectivity index (χ2n) is 5.22. The first-order valence-electron chi connectivity index (χ1n) is 6.72. The molecule has 20 heavy (non-hydrogen) atoms. The Balaban J connectivity index is 2.30. The molecule has 1 nitrogen and oxygen atoms in total. The first-order chi connectivity index (χ1) is 9.47. The predicted molar refractivity (Wildman–Crippen MR) is 92.3 cm³/mol. The molecule has 0 aliphatic carbocycles. The van der Waals surface area contributed by atoms with Crippen molar-refractivity contribution in [3.8, 4) is 0 Å². The van der Waals surface area contributed by atoms with E-state index in [0.717, 1.165) is 4.47 Å². The summed E-state index contributed by atoms with van der Waals surface area (Å²) >= 11 is 5.34. The molecule has 0 amide bonds. The van der Waals surface area contributed by atoms with Crippen LogP contribution < -0.4 is 5.73 Å². The highest BCUT2D eigenvalue weighted by atomic mass is 79.9. The highest BCUT2D eigenvalue weighted by molar-refractivity contribution is 9.10. The standard InChI is InChI=1S/C17H20BrNS/c1-11-4-5-12(2)16(10-11)20-17(13(3)19)14-6-8-15(18)9-7-14/h4-10,13,17H,19H2,1-3H3. The topological polar surface area (TPSA) is 26.0 Å². The number of hydrogen-bond donors (Lipinski definition) is 1. The number of halogens is 1. The molecule has 2 unspecified atom stereocenters. The number of hydrogen-bond acceptors (Lipinski definition) is 2. The molecule has 0 radical (unpaired) electrons. The van der Waals surface area contributed by atoms with Gasteiger partial charge in [0.05, 0.1) is 0 Å². The first kappa shape index (κ1) is 15.6. The van der Waals surface area contributed by atoms with Crippen LogP contribution in [0.3, 0.4) is 0 Å². The summed E-state index contributed by atoms with van der Waals surface area (Å²) < 4.78 is 1.10. The van der Waals surface area contributed by atoms with Gasteiger partial charge in [-0.15, -0.1) is 11.8 Å². The molecule has 0 fully saturated rings. The summed E-state index contributed by atoms with van der Waals surface area (Å²) in [5.41, 5.74) is 10.1.